The first-order chi connectivity index (χ1) is 11.5. The number of urea groups is 1. The van der Waals surface area contributed by atoms with Crippen molar-refractivity contribution in [2.24, 2.45) is 5.92 Å². The van der Waals surface area contributed by atoms with Crippen LogP contribution in [-0.4, -0.2) is 34.0 Å². The summed E-state index contributed by atoms with van der Waals surface area (Å²) in [5.74, 6) is -0.00323. The highest BCUT2D eigenvalue weighted by Crippen LogP contribution is 2.12. The molecule has 0 saturated heterocycles. The van der Waals surface area contributed by atoms with Gasteiger partial charge in [0.15, 0.2) is 0 Å². The number of nitrogens with zero attached hydrogens (tertiary/aromatic N) is 3. The van der Waals surface area contributed by atoms with E-state index in [0.717, 1.165) is 11.3 Å². The van der Waals surface area contributed by atoms with E-state index < -0.39 is 0 Å². The summed E-state index contributed by atoms with van der Waals surface area (Å²) in [5, 5.41) is 3.04. The molecule has 0 aliphatic heterocycles. The number of halogens is 1. The number of amides is 2. The molecule has 24 heavy (non-hydrogen) atoms. The van der Waals surface area contributed by atoms with Gasteiger partial charge in [-0.1, -0.05) is 26.0 Å². The molecular weight excluding hydrogens is 307 g/mol. The molecule has 0 aliphatic rings. The number of hydrogen-bond acceptors (Lipinski definition) is 3. The van der Waals surface area contributed by atoms with Crippen molar-refractivity contribution >= 4 is 6.03 Å². The van der Waals surface area contributed by atoms with Gasteiger partial charge >= 0.3 is 6.03 Å². The number of nitrogens with one attached hydrogen (secondary N) is 1. The third-order valence-corrected chi connectivity index (χ3v) is 3.84. The molecule has 2 rings (SSSR count). The second kappa shape index (κ2) is 8.38. The summed E-state index contributed by atoms with van der Waals surface area (Å²) < 4.78 is 13.0. The van der Waals surface area contributed by atoms with Gasteiger partial charge in [0.2, 0.25) is 0 Å². The zero-order valence-corrected chi connectivity index (χ0v) is 14.2. The Bertz CT molecular complexity index is 646. The topological polar surface area (TPSA) is 58.1 Å². The Morgan fingerprint density at radius 3 is 2.54 bits per heavy atom. The lowest BCUT2D eigenvalue weighted by molar-refractivity contribution is 0.198. The number of rotatable bonds is 6. The van der Waals surface area contributed by atoms with E-state index in [1.165, 1.54) is 12.1 Å². The number of carbonyl (C=O) groups excluding carboxylic acids is 1. The lowest BCUT2D eigenvalue weighted by Crippen LogP contribution is -2.46. The van der Waals surface area contributed by atoms with Gasteiger partial charge in [-0.2, -0.15) is 0 Å². The molecule has 128 valence electrons. The summed E-state index contributed by atoms with van der Waals surface area (Å²) >= 11 is 0. The minimum atomic E-state index is -0.257. The Morgan fingerprint density at radius 2 is 1.96 bits per heavy atom. The lowest BCUT2D eigenvalue weighted by Gasteiger charge is -2.26. The molecule has 0 radical (unpaired) electrons. The van der Waals surface area contributed by atoms with Crippen molar-refractivity contribution in [2.45, 2.75) is 32.9 Å². The Balaban J connectivity index is 1.96. The van der Waals surface area contributed by atoms with Crippen molar-refractivity contribution in [1.82, 2.24) is 20.2 Å². The molecule has 2 aromatic rings. The molecule has 1 aromatic heterocycles. The third kappa shape index (κ3) is 5.30. The standard InChI is InChI=1S/C18H23FN4O/c1-13(2)17(10-14-4-6-15(19)7-5-14)22-18(24)23(3)12-16-11-20-8-9-21-16/h4-9,11,13,17H,10,12H2,1-3H3,(H,22,24)/t17-/m1/s1. The fraction of sp³-hybridized carbons (Fsp3) is 0.389. The summed E-state index contributed by atoms with van der Waals surface area (Å²) in [6, 6.07) is 6.18. The minimum absolute atomic E-state index is 0.0349. The highest BCUT2D eigenvalue weighted by Gasteiger charge is 2.19. The second-order valence-corrected chi connectivity index (χ2v) is 6.18. The summed E-state index contributed by atoms with van der Waals surface area (Å²) in [6.45, 7) is 4.50. The summed E-state index contributed by atoms with van der Waals surface area (Å²) in [5.41, 5.74) is 1.72. The fourth-order valence-corrected chi connectivity index (χ4v) is 2.32. The van der Waals surface area contributed by atoms with E-state index in [9.17, 15) is 9.18 Å². The SMILES string of the molecule is CC(C)[C@@H](Cc1ccc(F)cc1)NC(=O)N(C)Cc1cnccn1. The summed E-state index contributed by atoms with van der Waals surface area (Å²) in [4.78, 5) is 22.2. The van der Waals surface area contributed by atoms with Crippen LogP contribution in [0.5, 0.6) is 0 Å². The van der Waals surface area contributed by atoms with Gasteiger partial charge in [-0.05, 0) is 30.0 Å². The molecule has 5 nitrogen and oxygen atoms in total. The normalized spacial score (nSPS) is 12.0. The highest BCUT2D eigenvalue weighted by atomic mass is 19.1. The van der Waals surface area contributed by atoms with Crippen molar-refractivity contribution < 1.29 is 9.18 Å². The number of hydrogen-bond donors (Lipinski definition) is 1. The van der Waals surface area contributed by atoms with Crippen molar-refractivity contribution in [3.05, 3.63) is 59.9 Å². The molecule has 0 unspecified atom stereocenters. The quantitative estimate of drug-likeness (QED) is 0.886. The maximum Gasteiger partial charge on any atom is 0.317 e. The first-order valence-electron chi connectivity index (χ1n) is 7.96. The molecule has 2 amide bonds. The average Bonchev–Trinajstić information content (AvgIpc) is 2.56. The van der Waals surface area contributed by atoms with E-state index >= 15 is 0 Å². The van der Waals surface area contributed by atoms with Gasteiger partial charge in [-0.25, -0.2) is 9.18 Å². The first kappa shape index (κ1) is 17.8. The molecule has 0 spiro atoms. The van der Waals surface area contributed by atoms with E-state index in [4.69, 9.17) is 0 Å². The van der Waals surface area contributed by atoms with Crippen LogP contribution in [-0.2, 0) is 13.0 Å². The first-order valence-corrected chi connectivity index (χ1v) is 7.96. The summed E-state index contributed by atoms with van der Waals surface area (Å²) in [6.07, 6.45) is 5.50. The molecule has 0 fully saturated rings. The van der Waals surface area contributed by atoms with Crippen LogP contribution >= 0.6 is 0 Å². The van der Waals surface area contributed by atoms with Gasteiger partial charge in [0, 0.05) is 25.5 Å². The average molecular weight is 330 g/mol. The molecule has 1 heterocycles. The third-order valence-electron chi connectivity index (χ3n) is 3.84. The Labute approximate surface area is 141 Å². The number of aromatic nitrogens is 2. The van der Waals surface area contributed by atoms with Gasteiger partial charge in [0.1, 0.15) is 5.82 Å². The molecule has 0 bridgehead atoms. The van der Waals surface area contributed by atoms with Gasteiger partial charge in [0.05, 0.1) is 18.4 Å². The Kier molecular flexibility index (Phi) is 6.23. The van der Waals surface area contributed by atoms with Crippen molar-refractivity contribution in [3.8, 4) is 0 Å². The van der Waals surface area contributed by atoms with Crippen LogP contribution in [0.3, 0.4) is 0 Å². The van der Waals surface area contributed by atoms with Crippen LogP contribution in [0.2, 0.25) is 0 Å². The fourth-order valence-electron chi connectivity index (χ4n) is 2.32. The van der Waals surface area contributed by atoms with Gasteiger partial charge in [-0.3, -0.25) is 9.97 Å². The Hall–Kier alpha value is -2.50. The minimum Gasteiger partial charge on any atom is -0.335 e. The van der Waals surface area contributed by atoms with E-state index in [1.54, 1.807) is 42.7 Å². The second-order valence-electron chi connectivity index (χ2n) is 6.18. The van der Waals surface area contributed by atoms with Gasteiger partial charge in [0.25, 0.3) is 0 Å². The molecule has 0 saturated carbocycles. The van der Waals surface area contributed by atoms with Crippen LogP contribution in [0.1, 0.15) is 25.1 Å². The van der Waals surface area contributed by atoms with E-state index in [1.807, 2.05) is 0 Å². The molecule has 1 N–H and O–H groups in total. The largest absolute Gasteiger partial charge is 0.335 e. The zero-order valence-electron chi connectivity index (χ0n) is 14.2. The zero-order chi connectivity index (χ0) is 17.5. The van der Waals surface area contributed by atoms with Crippen molar-refractivity contribution in [1.29, 1.82) is 0 Å². The smallest absolute Gasteiger partial charge is 0.317 e. The lowest BCUT2D eigenvalue weighted by atomic mass is 9.96. The predicted molar refractivity (Wildman–Crippen MR) is 90.8 cm³/mol. The van der Waals surface area contributed by atoms with E-state index in [-0.39, 0.29) is 23.8 Å². The van der Waals surface area contributed by atoms with Crippen LogP contribution in [0, 0.1) is 11.7 Å². The van der Waals surface area contributed by atoms with Crippen LogP contribution in [0.25, 0.3) is 0 Å². The van der Waals surface area contributed by atoms with Crippen LogP contribution in [0.15, 0.2) is 42.9 Å². The molecule has 1 atom stereocenters. The number of benzene rings is 1. The summed E-state index contributed by atoms with van der Waals surface area (Å²) in [7, 11) is 1.72. The maximum absolute atomic E-state index is 13.0. The molecule has 1 aromatic carbocycles. The monoisotopic (exact) mass is 330 g/mol. The van der Waals surface area contributed by atoms with E-state index in [0.29, 0.717) is 13.0 Å². The molecule has 0 aliphatic carbocycles. The highest BCUT2D eigenvalue weighted by molar-refractivity contribution is 5.74. The maximum atomic E-state index is 13.0. The van der Waals surface area contributed by atoms with E-state index in [2.05, 4.69) is 29.1 Å². The number of carbonyl (C=O) groups is 1. The van der Waals surface area contributed by atoms with Crippen LogP contribution in [0.4, 0.5) is 9.18 Å². The Morgan fingerprint density at radius 1 is 1.25 bits per heavy atom. The van der Waals surface area contributed by atoms with Crippen LogP contribution < -0.4 is 5.32 Å². The van der Waals surface area contributed by atoms with Gasteiger partial charge in [-0.15, -0.1) is 0 Å². The van der Waals surface area contributed by atoms with Gasteiger partial charge < -0.3 is 10.2 Å². The van der Waals surface area contributed by atoms with Crippen molar-refractivity contribution in [3.63, 3.8) is 0 Å². The van der Waals surface area contributed by atoms with Crippen molar-refractivity contribution in [2.75, 3.05) is 7.05 Å². The predicted octanol–water partition coefficient (Wildman–Crippen LogP) is 3.02. The molecular formula is C18H23FN4O. The molecule has 6 heteroatoms.